The Labute approximate surface area is 165 Å². The summed E-state index contributed by atoms with van der Waals surface area (Å²) in [6.45, 7) is 2.56. The van der Waals surface area contributed by atoms with E-state index in [0.717, 1.165) is 33.6 Å². The summed E-state index contributed by atoms with van der Waals surface area (Å²) < 4.78 is 6.10. The first-order chi connectivity index (χ1) is 13.6. The minimum Gasteiger partial charge on any atom is -0.488 e. The van der Waals surface area contributed by atoms with Gasteiger partial charge < -0.3 is 9.84 Å². The first kappa shape index (κ1) is 19.4. The van der Waals surface area contributed by atoms with Gasteiger partial charge in [0.2, 0.25) is 0 Å². The lowest BCUT2D eigenvalue weighted by molar-refractivity contribution is -0.136. The van der Waals surface area contributed by atoms with Crippen LogP contribution in [-0.2, 0) is 24.2 Å². The third kappa shape index (κ3) is 5.34. The van der Waals surface area contributed by atoms with Gasteiger partial charge in [-0.3, -0.25) is 4.79 Å². The fraction of sp³-hybridized carbons (Fsp3) is 0.160. The molecule has 3 nitrogen and oxygen atoms in total. The number of hydrogen-bond acceptors (Lipinski definition) is 2. The topological polar surface area (TPSA) is 46.5 Å². The fourth-order valence-electron chi connectivity index (χ4n) is 3.14. The van der Waals surface area contributed by atoms with E-state index >= 15 is 0 Å². The first-order valence-electron chi connectivity index (χ1n) is 9.35. The molecule has 0 saturated heterocycles. The largest absolute Gasteiger partial charge is 0.488 e. The fourth-order valence-corrected chi connectivity index (χ4v) is 3.14. The molecule has 0 saturated carbocycles. The van der Waals surface area contributed by atoms with Crippen molar-refractivity contribution >= 4 is 12.0 Å². The Bertz CT molecular complexity index is 959. The molecule has 1 N–H and O–H groups in total. The predicted molar refractivity (Wildman–Crippen MR) is 112 cm³/mol. The number of benzene rings is 3. The number of hydrogen-bond donors (Lipinski definition) is 1. The van der Waals surface area contributed by atoms with Crippen molar-refractivity contribution in [2.45, 2.75) is 26.4 Å². The molecule has 0 heterocycles. The van der Waals surface area contributed by atoms with Crippen LogP contribution in [0.15, 0.2) is 78.9 Å². The standard InChI is InChI=1S/C25H24O3/c1-19-9-7-15-22(25(19)28-18-20-10-3-2-4-11-20)16-8-14-21-12-5-6-13-23(21)17-24(26)27/h2-13,15-16H,14,17-18H2,1H3,(H,26,27)/b16-8+. The van der Waals surface area contributed by atoms with Crippen LogP contribution < -0.4 is 4.74 Å². The summed E-state index contributed by atoms with van der Waals surface area (Å²) in [5.74, 6) is 0.0631. The van der Waals surface area contributed by atoms with E-state index in [2.05, 4.69) is 6.08 Å². The second-order valence-corrected chi connectivity index (χ2v) is 6.71. The highest BCUT2D eigenvalue weighted by molar-refractivity contribution is 5.71. The van der Waals surface area contributed by atoms with E-state index in [-0.39, 0.29) is 6.42 Å². The number of para-hydroxylation sites is 1. The lowest BCUT2D eigenvalue weighted by Crippen LogP contribution is -2.03. The summed E-state index contributed by atoms with van der Waals surface area (Å²) in [5.41, 5.74) is 5.12. The molecule has 0 aliphatic heterocycles. The van der Waals surface area contributed by atoms with E-state index in [1.165, 1.54) is 0 Å². The molecule has 0 amide bonds. The highest BCUT2D eigenvalue weighted by Gasteiger charge is 2.07. The lowest BCUT2D eigenvalue weighted by Gasteiger charge is -2.12. The minimum absolute atomic E-state index is 0.0416. The zero-order chi connectivity index (χ0) is 19.8. The van der Waals surface area contributed by atoms with Gasteiger partial charge in [-0.05, 0) is 35.6 Å². The normalized spacial score (nSPS) is 10.9. The molecule has 0 aromatic heterocycles. The summed E-state index contributed by atoms with van der Waals surface area (Å²) in [7, 11) is 0. The Morgan fingerprint density at radius 3 is 2.39 bits per heavy atom. The number of carbonyl (C=O) groups is 1. The highest BCUT2D eigenvalue weighted by atomic mass is 16.5. The number of rotatable bonds is 8. The summed E-state index contributed by atoms with van der Waals surface area (Å²) >= 11 is 0. The van der Waals surface area contributed by atoms with Crippen molar-refractivity contribution in [2.75, 3.05) is 0 Å². The van der Waals surface area contributed by atoms with Crippen LogP contribution in [0, 0.1) is 6.92 Å². The average Bonchev–Trinajstić information content (AvgIpc) is 2.69. The van der Waals surface area contributed by atoms with Crippen LogP contribution in [-0.4, -0.2) is 11.1 Å². The molecule has 0 atom stereocenters. The molecule has 3 heteroatoms. The molecule has 3 rings (SSSR count). The van der Waals surface area contributed by atoms with Crippen molar-refractivity contribution in [3.63, 3.8) is 0 Å². The quantitative estimate of drug-likeness (QED) is 0.571. The Kier molecular flexibility index (Phi) is 6.64. The Morgan fingerprint density at radius 1 is 0.929 bits per heavy atom. The summed E-state index contributed by atoms with van der Waals surface area (Å²) in [6.07, 6.45) is 4.82. The van der Waals surface area contributed by atoms with Crippen LogP contribution in [0.1, 0.15) is 27.8 Å². The number of carboxylic acids is 1. The molecule has 0 unspecified atom stereocenters. The second-order valence-electron chi connectivity index (χ2n) is 6.71. The van der Waals surface area contributed by atoms with Gasteiger partial charge in [-0.15, -0.1) is 0 Å². The van der Waals surface area contributed by atoms with Crippen LogP contribution >= 0.6 is 0 Å². The van der Waals surface area contributed by atoms with E-state index in [1.54, 1.807) is 0 Å². The van der Waals surface area contributed by atoms with Gasteiger partial charge >= 0.3 is 5.97 Å². The summed E-state index contributed by atoms with van der Waals surface area (Å²) in [5, 5.41) is 9.08. The number of aryl methyl sites for hydroxylation is 1. The minimum atomic E-state index is -0.813. The van der Waals surface area contributed by atoms with Gasteiger partial charge in [0, 0.05) is 5.56 Å². The number of carboxylic acid groups (broad SMARTS) is 1. The van der Waals surface area contributed by atoms with E-state index in [9.17, 15) is 4.79 Å². The molecule has 0 bridgehead atoms. The summed E-state index contributed by atoms with van der Waals surface area (Å²) in [6, 6.07) is 23.9. The zero-order valence-corrected chi connectivity index (χ0v) is 16.0. The van der Waals surface area contributed by atoms with Gasteiger partial charge in [-0.2, -0.15) is 0 Å². The molecule has 142 valence electrons. The van der Waals surface area contributed by atoms with Crippen molar-refractivity contribution in [1.29, 1.82) is 0 Å². The second kappa shape index (κ2) is 9.56. The van der Waals surface area contributed by atoms with Crippen molar-refractivity contribution < 1.29 is 14.6 Å². The van der Waals surface area contributed by atoms with Gasteiger partial charge in [-0.1, -0.05) is 84.9 Å². The SMILES string of the molecule is Cc1cccc(/C=C/Cc2ccccc2CC(=O)O)c1OCc1ccccc1. The molecule has 3 aromatic rings. The Morgan fingerprint density at radius 2 is 1.64 bits per heavy atom. The molecular formula is C25H24O3. The van der Waals surface area contributed by atoms with Gasteiger partial charge in [-0.25, -0.2) is 0 Å². The third-order valence-corrected chi connectivity index (χ3v) is 4.56. The first-order valence-corrected chi connectivity index (χ1v) is 9.35. The van der Waals surface area contributed by atoms with Crippen molar-refractivity contribution in [1.82, 2.24) is 0 Å². The van der Waals surface area contributed by atoms with E-state index < -0.39 is 5.97 Å². The molecule has 0 aliphatic carbocycles. The highest BCUT2D eigenvalue weighted by Crippen LogP contribution is 2.26. The monoisotopic (exact) mass is 372 g/mol. The van der Waals surface area contributed by atoms with E-state index in [1.807, 2.05) is 85.8 Å². The molecule has 0 spiro atoms. The number of allylic oxidation sites excluding steroid dienone is 1. The van der Waals surface area contributed by atoms with E-state index in [0.29, 0.717) is 13.0 Å². The Hall–Kier alpha value is -3.33. The van der Waals surface area contributed by atoms with Gasteiger partial charge in [0.25, 0.3) is 0 Å². The molecular weight excluding hydrogens is 348 g/mol. The van der Waals surface area contributed by atoms with Crippen LogP contribution in [0.25, 0.3) is 6.08 Å². The van der Waals surface area contributed by atoms with Crippen LogP contribution in [0.4, 0.5) is 0 Å². The maximum atomic E-state index is 11.1. The van der Waals surface area contributed by atoms with Crippen LogP contribution in [0.3, 0.4) is 0 Å². The van der Waals surface area contributed by atoms with Gasteiger partial charge in [0.1, 0.15) is 12.4 Å². The molecule has 3 aromatic carbocycles. The Balaban J connectivity index is 1.74. The molecule has 0 fully saturated rings. The number of aliphatic carboxylic acids is 1. The predicted octanol–water partition coefficient (Wildman–Crippen LogP) is 5.46. The van der Waals surface area contributed by atoms with E-state index in [4.69, 9.17) is 9.84 Å². The summed E-state index contributed by atoms with van der Waals surface area (Å²) in [4.78, 5) is 11.1. The van der Waals surface area contributed by atoms with Gasteiger partial charge in [0.15, 0.2) is 0 Å². The molecule has 0 radical (unpaired) electrons. The smallest absolute Gasteiger partial charge is 0.307 e. The number of ether oxygens (including phenoxy) is 1. The van der Waals surface area contributed by atoms with Crippen molar-refractivity contribution in [3.05, 3.63) is 107 Å². The van der Waals surface area contributed by atoms with Crippen LogP contribution in [0.5, 0.6) is 5.75 Å². The average molecular weight is 372 g/mol. The zero-order valence-electron chi connectivity index (χ0n) is 16.0. The van der Waals surface area contributed by atoms with Gasteiger partial charge in [0.05, 0.1) is 6.42 Å². The lowest BCUT2D eigenvalue weighted by atomic mass is 10.0. The third-order valence-electron chi connectivity index (χ3n) is 4.56. The molecule has 0 aliphatic rings. The van der Waals surface area contributed by atoms with Crippen LogP contribution in [0.2, 0.25) is 0 Å². The molecule has 28 heavy (non-hydrogen) atoms. The maximum absolute atomic E-state index is 11.1. The van der Waals surface area contributed by atoms with Crippen molar-refractivity contribution in [3.8, 4) is 5.75 Å². The maximum Gasteiger partial charge on any atom is 0.307 e. The van der Waals surface area contributed by atoms with Crippen molar-refractivity contribution in [2.24, 2.45) is 0 Å².